The summed E-state index contributed by atoms with van der Waals surface area (Å²) in [6, 6.07) is 2.38. The SMILES string of the molecule is O=C(O)c1cc(F)c(F)cc1C(=O)c1cc(Cl)c(Br)s1. The number of ketones is 1. The van der Waals surface area contributed by atoms with Crippen molar-refractivity contribution in [3.63, 3.8) is 0 Å². The van der Waals surface area contributed by atoms with Gasteiger partial charge in [-0.1, -0.05) is 11.6 Å². The van der Waals surface area contributed by atoms with Crippen molar-refractivity contribution in [3.8, 4) is 0 Å². The molecule has 2 aromatic rings. The van der Waals surface area contributed by atoms with E-state index >= 15 is 0 Å². The molecule has 1 N–H and O–H groups in total. The molecule has 104 valence electrons. The van der Waals surface area contributed by atoms with Crippen molar-refractivity contribution >= 4 is 50.6 Å². The van der Waals surface area contributed by atoms with Crippen LogP contribution in [-0.4, -0.2) is 16.9 Å². The van der Waals surface area contributed by atoms with Crippen LogP contribution in [0.3, 0.4) is 0 Å². The monoisotopic (exact) mass is 380 g/mol. The predicted octanol–water partition coefficient (Wildman–Crippen LogP) is 4.37. The zero-order valence-corrected chi connectivity index (χ0v) is 12.6. The smallest absolute Gasteiger partial charge is 0.336 e. The first-order valence-corrected chi connectivity index (χ1v) is 7.02. The van der Waals surface area contributed by atoms with Crippen LogP contribution in [0.4, 0.5) is 8.78 Å². The first kappa shape index (κ1) is 15.1. The van der Waals surface area contributed by atoms with E-state index in [9.17, 15) is 18.4 Å². The Kier molecular flexibility index (Phi) is 4.22. The second-order valence-electron chi connectivity index (χ2n) is 3.68. The lowest BCUT2D eigenvalue weighted by atomic mass is 10.0. The highest BCUT2D eigenvalue weighted by molar-refractivity contribution is 9.11. The van der Waals surface area contributed by atoms with E-state index < -0.39 is 34.5 Å². The predicted molar refractivity (Wildman–Crippen MR) is 73.8 cm³/mol. The van der Waals surface area contributed by atoms with Crippen LogP contribution >= 0.6 is 38.9 Å². The van der Waals surface area contributed by atoms with Crippen LogP contribution in [0.2, 0.25) is 5.02 Å². The molecule has 1 aromatic carbocycles. The number of thiophene rings is 1. The molecular weight excluding hydrogens is 378 g/mol. The Morgan fingerprint density at radius 3 is 2.15 bits per heavy atom. The van der Waals surface area contributed by atoms with Crippen LogP contribution in [0.25, 0.3) is 0 Å². The molecule has 0 aliphatic heterocycles. The average molecular weight is 382 g/mol. The number of benzene rings is 1. The molecule has 0 fully saturated rings. The van der Waals surface area contributed by atoms with E-state index in [1.165, 1.54) is 6.07 Å². The van der Waals surface area contributed by atoms with Crippen molar-refractivity contribution in [2.45, 2.75) is 0 Å². The molecule has 0 aliphatic rings. The topological polar surface area (TPSA) is 54.4 Å². The van der Waals surface area contributed by atoms with Crippen molar-refractivity contribution in [3.05, 3.63) is 54.6 Å². The maximum Gasteiger partial charge on any atom is 0.336 e. The highest BCUT2D eigenvalue weighted by Crippen LogP contribution is 2.33. The van der Waals surface area contributed by atoms with Crippen molar-refractivity contribution < 1.29 is 23.5 Å². The standard InChI is InChI=1S/C12H4BrClF2O3S/c13-11-6(14)3-9(20-11)10(17)4-1-7(15)8(16)2-5(4)12(18)19/h1-3H,(H,18,19). The Morgan fingerprint density at radius 2 is 1.70 bits per heavy atom. The van der Waals surface area contributed by atoms with Gasteiger partial charge in [0.15, 0.2) is 11.6 Å². The number of hydrogen-bond acceptors (Lipinski definition) is 3. The highest BCUT2D eigenvalue weighted by atomic mass is 79.9. The minimum absolute atomic E-state index is 0.121. The van der Waals surface area contributed by atoms with E-state index in [4.69, 9.17) is 16.7 Å². The summed E-state index contributed by atoms with van der Waals surface area (Å²) in [4.78, 5) is 23.3. The summed E-state index contributed by atoms with van der Waals surface area (Å²) in [5.74, 6) is -4.88. The fourth-order valence-corrected chi connectivity index (χ4v) is 3.16. The number of rotatable bonds is 3. The van der Waals surface area contributed by atoms with Crippen molar-refractivity contribution in [1.29, 1.82) is 0 Å². The Morgan fingerprint density at radius 1 is 1.15 bits per heavy atom. The molecule has 20 heavy (non-hydrogen) atoms. The van der Waals surface area contributed by atoms with E-state index in [0.717, 1.165) is 11.3 Å². The van der Waals surface area contributed by atoms with Crippen molar-refractivity contribution in [2.75, 3.05) is 0 Å². The Balaban J connectivity index is 2.59. The van der Waals surface area contributed by atoms with Gasteiger partial charge < -0.3 is 5.11 Å². The number of carboxylic acid groups (broad SMARTS) is 1. The number of hydrogen-bond donors (Lipinski definition) is 1. The van der Waals surface area contributed by atoms with Gasteiger partial charge in [-0.3, -0.25) is 4.79 Å². The normalized spacial score (nSPS) is 10.6. The Bertz CT molecular complexity index is 710. The highest BCUT2D eigenvalue weighted by Gasteiger charge is 2.23. The first-order chi connectivity index (χ1) is 9.31. The molecule has 8 heteroatoms. The largest absolute Gasteiger partial charge is 0.478 e. The molecule has 2 rings (SSSR count). The quantitative estimate of drug-likeness (QED) is 0.803. The summed E-state index contributed by atoms with van der Waals surface area (Å²) in [6.45, 7) is 0. The van der Waals surface area contributed by atoms with Crippen LogP contribution in [0.15, 0.2) is 22.0 Å². The third kappa shape index (κ3) is 2.74. The van der Waals surface area contributed by atoms with Gasteiger partial charge >= 0.3 is 5.97 Å². The number of aromatic carboxylic acids is 1. The zero-order chi connectivity index (χ0) is 15.0. The summed E-state index contributed by atoms with van der Waals surface area (Å²) in [7, 11) is 0. The average Bonchev–Trinajstić information content (AvgIpc) is 2.71. The summed E-state index contributed by atoms with van der Waals surface area (Å²) >= 11 is 9.87. The van der Waals surface area contributed by atoms with Gasteiger partial charge in [-0.25, -0.2) is 13.6 Å². The lowest BCUT2D eigenvalue weighted by Crippen LogP contribution is -2.10. The third-order valence-corrected chi connectivity index (χ3v) is 4.88. The minimum Gasteiger partial charge on any atom is -0.478 e. The zero-order valence-electron chi connectivity index (χ0n) is 9.42. The van der Waals surface area contributed by atoms with Crippen molar-refractivity contribution in [1.82, 2.24) is 0 Å². The maximum absolute atomic E-state index is 13.2. The van der Waals surface area contributed by atoms with E-state index in [-0.39, 0.29) is 9.90 Å². The van der Waals surface area contributed by atoms with Gasteiger partial charge in [-0.05, 0) is 34.1 Å². The van der Waals surface area contributed by atoms with E-state index in [1.807, 2.05) is 0 Å². The van der Waals surface area contributed by atoms with Crippen LogP contribution in [0, 0.1) is 11.6 Å². The molecule has 1 heterocycles. The van der Waals surface area contributed by atoms with Crippen LogP contribution in [-0.2, 0) is 0 Å². The molecule has 0 amide bonds. The van der Waals surface area contributed by atoms with Gasteiger partial charge in [-0.15, -0.1) is 11.3 Å². The molecule has 0 spiro atoms. The van der Waals surface area contributed by atoms with Crippen LogP contribution < -0.4 is 0 Å². The summed E-state index contributed by atoms with van der Waals surface area (Å²) in [5.41, 5.74) is -1.03. The molecule has 3 nitrogen and oxygen atoms in total. The number of carbonyl (C=O) groups is 2. The summed E-state index contributed by atoms with van der Waals surface area (Å²) in [5, 5.41) is 9.24. The fraction of sp³-hybridized carbons (Fsp3) is 0. The molecule has 1 aromatic heterocycles. The Labute approximate surface area is 128 Å². The molecule has 0 unspecified atom stereocenters. The Hall–Kier alpha value is -1.31. The van der Waals surface area contributed by atoms with E-state index in [2.05, 4.69) is 15.9 Å². The van der Waals surface area contributed by atoms with Gasteiger partial charge in [0.25, 0.3) is 0 Å². The molecule has 0 atom stereocenters. The van der Waals surface area contributed by atoms with Gasteiger partial charge in [0, 0.05) is 5.56 Å². The molecule has 0 bridgehead atoms. The number of halogens is 4. The van der Waals surface area contributed by atoms with Gasteiger partial charge in [0.05, 0.1) is 19.2 Å². The molecular formula is C12H4BrClF2O3S. The van der Waals surface area contributed by atoms with Crippen molar-refractivity contribution in [2.24, 2.45) is 0 Å². The second kappa shape index (κ2) is 5.59. The van der Waals surface area contributed by atoms with Gasteiger partial charge in [-0.2, -0.15) is 0 Å². The van der Waals surface area contributed by atoms with E-state index in [1.54, 1.807) is 0 Å². The molecule has 0 aliphatic carbocycles. The third-order valence-electron chi connectivity index (χ3n) is 2.40. The molecule has 0 saturated carbocycles. The van der Waals surface area contributed by atoms with Gasteiger partial charge in [0.1, 0.15) is 0 Å². The molecule has 0 radical (unpaired) electrons. The second-order valence-corrected chi connectivity index (χ2v) is 6.46. The molecule has 0 saturated heterocycles. The first-order valence-electron chi connectivity index (χ1n) is 5.03. The maximum atomic E-state index is 13.2. The van der Waals surface area contributed by atoms with E-state index in [0.29, 0.717) is 15.9 Å². The summed E-state index contributed by atoms with van der Waals surface area (Å²) < 4.78 is 26.8. The lowest BCUT2D eigenvalue weighted by Gasteiger charge is -2.05. The lowest BCUT2D eigenvalue weighted by molar-refractivity contribution is 0.0692. The summed E-state index contributed by atoms with van der Waals surface area (Å²) in [6.07, 6.45) is 0. The van der Waals surface area contributed by atoms with Gasteiger partial charge in [0.2, 0.25) is 5.78 Å². The number of carboxylic acids is 1. The minimum atomic E-state index is -1.52. The fourth-order valence-electron chi connectivity index (χ4n) is 1.50. The number of carbonyl (C=O) groups excluding carboxylic acids is 1. The van der Waals surface area contributed by atoms with Crippen LogP contribution in [0.1, 0.15) is 25.6 Å². The van der Waals surface area contributed by atoms with Crippen LogP contribution in [0.5, 0.6) is 0 Å².